The molecule has 6 heteroatoms. The van der Waals surface area contributed by atoms with Crippen LogP contribution in [0.15, 0.2) is 6.07 Å². The third kappa shape index (κ3) is 2.64. The summed E-state index contributed by atoms with van der Waals surface area (Å²) in [6, 6.07) is 1.38. The third-order valence-electron chi connectivity index (χ3n) is 1.55. The van der Waals surface area contributed by atoms with E-state index < -0.39 is 6.04 Å². The van der Waals surface area contributed by atoms with Gasteiger partial charge in [-0.1, -0.05) is 0 Å². The van der Waals surface area contributed by atoms with Gasteiger partial charge < -0.3 is 16.6 Å². The number of aromatic hydroxyl groups is 1. The molecule has 0 spiro atoms. The Kier molecular flexibility index (Phi) is 4.13. The Hall–Kier alpha value is 0.330. The summed E-state index contributed by atoms with van der Waals surface area (Å²) in [5, 5.41) is 9.61. The van der Waals surface area contributed by atoms with Gasteiger partial charge in [-0.2, -0.15) is 0 Å². The van der Waals surface area contributed by atoms with Crippen molar-refractivity contribution in [3.05, 3.63) is 19.0 Å². The van der Waals surface area contributed by atoms with Gasteiger partial charge in [0.15, 0.2) is 5.75 Å². The second-order valence-electron chi connectivity index (χ2n) is 2.50. The highest BCUT2D eigenvalue weighted by atomic mass is 127. The lowest BCUT2D eigenvalue weighted by molar-refractivity contribution is 0.452. The molecule has 1 aromatic heterocycles. The van der Waals surface area contributed by atoms with Crippen LogP contribution in [0.2, 0.25) is 0 Å². The summed E-state index contributed by atoms with van der Waals surface area (Å²) in [5.74, 6) is 0.138. The summed E-state index contributed by atoms with van der Waals surface area (Å²) in [6.45, 7) is 0.275. The van der Waals surface area contributed by atoms with Gasteiger partial charge >= 0.3 is 0 Å². The Morgan fingerprint density at radius 3 is 2.69 bits per heavy atom. The Balaban J connectivity index is 3.20. The molecule has 0 saturated carbocycles. The molecular weight excluding hydrogens is 396 g/mol. The SMILES string of the molecule is NC[C@H](N)c1nc(I)cc(I)c1O. The first-order chi connectivity index (χ1) is 6.06. The van der Waals surface area contributed by atoms with E-state index in [2.05, 4.69) is 27.6 Å². The monoisotopic (exact) mass is 405 g/mol. The topological polar surface area (TPSA) is 85.2 Å². The number of aromatic nitrogens is 1. The molecule has 0 aliphatic rings. The van der Waals surface area contributed by atoms with E-state index in [0.29, 0.717) is 5.69 Å². The first-order valence-electron chi connectivity index (χ1n) is 3.56. The fourth-order valence-corrected chi connectivity index (χ4v) is 2.60. The first kappa shape index (κ1) is 11.4. The van der Waals surface area contributed by atoms with E-state index in [0.717, 1.165) is 7.27 Å². The van der Waals surface area contributed by atoms with Crippen LogP contribution >= 0.6 is 45.2 Å². The van der Waals surface area contributed by atoms with Crippen LogP contribution in [0.3, 0.4) is 0 Å². The molecule has 13 heavy (non-hydrogen) atoms. The standard InChI is InChI=1S/C7H9I2N3O/c8-3-1-5(9)12-6(7(3)13)4(11)2-10/h1,4,13H,2,10-11H2/t4-/m0/s1. The van der Waals surface area contributed by atoms with Crippen LogP contribution in [0.5, 0.6) is 5.75 Å². The van der Waals surface area contributed by atoms with Crippen molar-refractivity contribution in [3.8, 4) is 5.75 Å². The van der Waals surface area contributed by atoms with Gasteiger partial charge in [0.25, 0.3) is 0 Å². The normalized spacial score (nSPS) is 12.9. The number of halogens is 2. The lowest BCUT2D eigenvalue weighted by atomic mass is 10.2. The average Bonchev–Trinajstić information content (AvgIpc) is 2.10. The number of rotatable bonds is 2. The zero-order chi connectivity index (χ0) is 10.0. The summed E-state index contributed by atoms with van der Waals surface area (Å²) in [4.78, 5) is 4.13. The van der Waals surface area contributed by atoms with Crippen molar-refractivity contribution in [1.29, 1.82) is 0 Å². The molecule has 0 aliphatic carbocycles. The van der Waals surface area contributed by atoms with E-state index in [1.165, 1.54) is 0 Å². The highest BCUT2D eigenvalue weighted by molar-refractivity contribution is 14.1. The van der Waals surface area contributed by atoms with Crippen LogP contribution < -0.4 is 11.5 Å². The summed E-state index contributed by atoms with van der Waals surface area (Å²) < 4.78 is 1.55. The largest absolute Gasteiger partial charge is 0.505 e. The van der Waals surface area contributed by atoms with Gasteiger partial charge in [0.1, 0.15) is 9.39 Å². The molecule has 72 valence electrons. The maximum absolute atomic E-state index is 9.61. The molecule has 0 aromatic carbocycles. The van der Waals surface area contributed by atoms with Gasteiger partial charge in [0, 0.05) is 6.54 Å². The molecule has 0 unspecified atom stereocenters. The van der Waals surface area contributed by atoms with Crippen molar-refractivity contribution >= 4 is 45.2 Å². The molecule has 5 N–H and O–H groups in total. The summed E-state index contributed by atoms with van der Waals surface area (Å²) >= 11 is 4.11. The second-order valence-corrected chi connectivity index (χ2v) is 4.77. The van der Waals surface area contributed by atoms with Crippen LogP contribution in [-0.4, -0.2) is 16.6 Å². The van der Waals surface area contributed by atoms with E-state index in [9.17, 15) is 5.11 Å². The lowest BCUT2D eigenvalue weighted by Gasteiger charge is -2.11. The molecule has 1 heterocycles. The van der Waals surface area contributed by atoms with Crippen LogP contribution in [-0.2, 0) is 0 Å². The number of nitrogens with zero attached hydrogens (tertiary/aromatic N) is 1. The molecule has 1 aromatic rings. The van der Waals surface area contributed by atoms with E-state index in [4.69, 9.17) is 11.5 Å². The molecule has 0 fully saturated rings. The van der Waals surface area contributed by atoms with E-state index >= 15 is 0 Å². The van der Waals surface area contributed by atoms with E-state index in [-0.39, 0.29) is 12.3 Å². The minimum atomic E-state index is -0.400. The quantitative estimate of drug-likeness (QED) is 0.506. The van der Waals surface area contributed by atoms with Crippen molar-refractivity contribution in [1.82, 2.24) is 4.98 Å². The van der Waals surface area contributed by atoms with Crippen molar-refractivity contribution in [2.45, 2.75) is 6.04 Å². The summed E-state index contributed by atoms with van der Waals surface area (Å²) in [5.41, 5.74) is 11.5. The van der Waals surface area contributed by atoms with Crippen molar-refractivity contribution in [3.63, 3.8) is 0 Å². The van der Waals surface area contributed by atoms with Crippen molar-refractivity contribution in [2.24, 2.45) is 11.5 Å². The van der Waals surface area contributed by atoms with Gasteiger partial charge in [0.2, 0.25) is 0 Å². The molecular formula is C7H9I2N3O. The Labute approximate surface area is 103 Å². The summed E-state index contributed by atoms with van der Waals surface area (Å²) in [6.07, 6.45) is 0. The van der Waals surface area contributed by atoms with Gasteiger partial charge in [0.05, 0.1) is 9.61 Å². The highest BCUT2D eigenvalue weighted by Gasteiger charge is 2.14. The Morgan fingerprint density at radius 1 is 1.54 bits per heavy atom. The van der Waals surface area contributed by atoms with Crippen LogP contribution in [0.4, 0.5) is 0 Å². The summed E-state index contributed by atoms with van der Waals surface area (Å²) in [7, 11) is 0. The van der Waals surface area contributed by atoms with Gasteiger partial charge in [-0.05, 0) is 51.2 Å². The zero-order valence-corrected chi connectivity index (χ0v) is 11.0. The second kappa shape index (κ2) is 4.71. The maximum Gasteiger partial charge on any atom is 0.152 e. The minimum absolute atomic E-state index is 0.138. The molecule has 0 bridgehead atoms. The maximum atomic E-state index is 9.61. The fraction of sp³-hybridized carbons (Fsp3) is 0.286. The Bertz CT molecular complexity index is 319. The smallest absolute Gasteiger partial charge is 0.152 e. The van der Waals surface area contributed by atoms with Gasteiger partial charge in [-0.25, -0.2) is 4.98 Å². The zero-order valence-electron chi connectivity index (χ0n) is 6.67. The number of hydrogen-bond donors (Lipinski definition) is 3. The van der Waals surface area contributed by atoms with E-state index in [1.54, 1.807) is 6.07 Å². The molecule has 0 saturated heterocycles. The Morgan fingerprint density at radius 2 is 2.15 bits per heavy atom. The van der Waals surface area contributed by atoms with Crippen LogP contribution in [0.25, 0.3) is 0 Å². The van der Waals surface area contributed by atoms with Crippen LogP contribution in [0.1, 0.15) is 11.7 Å². The first-order valence-corrected chi connectivity index (χ1v) is 5.72. The van der Waals surface area contributed by atoms with Crippen molar-refractivity contribution in [2.75, 3.05) is 6.54 Å². The predicted molar refractivity (Wildman–Crippen MR) is 67.3 cm³/mol. The molecule has 0 amide bonds. The van der Waals surface area contributed by atoms with E-state index in [1.807, 2.05) is 22.6 Å². The van der Waals surface area contributed by atoms with Gasteiger partial charge in [-0.15, -0.1) is 0 Å². The highest BCUT2D eigenvalue weighted by Crippen LogP contribution is 2.27. The molecule has 0 aliphatic heterocycles. The fourth-order valence-electron chi connectivity index (χ4n) is 0.866. The molecule has 0 radical (unpaired) electrons. The molecule has 1 rings (SSSR count). The molecule has 1 atom stereocenters. The third-order valence-corrected chi connectivity index (χ3v) is 2.92. The predicted octanol–water partition coefficient (Wildman–Crippen LogP) is 0.955. The van der Waals surface area contributed by atoms with Crippen LogP contribution in [0, 0.1) is 7.27 Å². The molecule has 4 nitrogen and oxygen atoms in total. The van der Waals surface area contributed by atoms with Gasteiger partial charge in [-0.3, -0.25) is 0 Å². The number of hydrogen-bond acceptors (Lipinski definition) is 4. The number of pyridine rings is 1. The average molecular weight is 405 g/mol. The number of nitrogens with two attached hydrogens (primary N) is 2. The van der Waals surface area contributed by atoms with Crippen molar-refractivity contribution < 1.29 is 5.11 Å². The minimum Gasteiger partial charge on any atom is -0.505 e. The lowest BCUT2D eigenvalue weighted by Crippen LogP contribution is -2.22.